The van der Waals surface area contributed by atoms with Gasteiger partial charge < -0.3 is 10.2 Å². The summed E-state index contributed by atoms with van der Waals surface area (Å²) in [4.78, 5) is 22.1. The molecular formula is C23H20F7N7O. The zero-order valence-electron chi connectivity index (χ0n) is 19.7. The number of carbonyl (C=O) groups is 1. The smallest absolute Gasteiger partial charge is 0.314 e. The zero-order valence-corrected chi connectivity index (χ0v) is 19.7. The van der Waals surface area contributed by atoms with Gasteiger partial charge in [0.25, 0.3) is 0 Å². The Labute approximate surface area is 210 Å². The van der Waals surface area contributed by atoms with Crippen molar-refractivity contribution in [1.29, 1.82) is 0 Å². The van der Waals surface area contributed by atoms with Crippen LogP contribution in [0.25, 0.3) is 11.4 Å². The van der Waals surface area contributed by atoms with Crippen LogP contribution in [-0.2, 0) is 18.9 Å². The summed E-state index contributed by atoms with van der Waals surface area (Å²) in [6.45, 7) is 1.95. The Morgan fingerprint density at radius 3 is 2.45 bits per heavy atom. The highest BCUT2D eigenvalue weighted by molar-refractivity contribution is 5.92. The molecule has 1 aromatic carbocycles. The molecule has 3 aromatic rings. The van der Waals surface area contributed by atoms with Crippen molar-refractivity contribution in [2.45, 2.75) is 56.7 Å². The lowest BCUT2D eigenvalue weighted by Gasteiger charge is -2.63. The van der Waals surface area contributed by atoms with E-state index in [1.165, 1.54) is 4.90 Å². The van der Waals surface area contributed by atoms with Crippen molar-refractivity contribution >= 4 is 11.7 Å². The lowest BCUT2D eigenvalue weighted by atomic mass is 9.64. The highest BCUT2D eigenvalue weighted by atomic mass is 19.4. The molecule has 3 aliphatic rings. The fraction of sp³-hybridized carbons (Fsp3) is 0.435. The van der Waals surface area contributed by atoms with Crippen LogP contribution in [0.5, 0.6) is 0 Å². The van der Waals surface area contributed by atoms with E-state index in [0.717, 1.165) is 41.5 Å². The molecule has 15 heteroatoms. The first kappa shape index (κ1) is 25.9. The van der Waals surface area contributed by atoms with Gasteiger partial charge in [0.05, 0.1) is 36.2 Å². The summed E-state index contributed by atoms with van der Waals surface area (Å²) in [5.41, 5.74) is -3.49. The van der Waals surface area contributed by atoms with E-state index >= 15 is 0 Å². The summed E-state index contributed by atoms with van der Waals surface area (Å²) in [6.07, 6.45) is -5.48. The van der Waals surface area contributed by atoms with Crippen LogP contribution in [0.1, 0.15) is 37.4 Å². The lowest BCUT2D eigenvalue weighted by Crippen LogP contribution is -2.73. The van der Waals surface area contributed by atoms with E-state index in [9.17, 15) is 35.5 Å². The quantitative estimate of drug-likeness (QED) is 0.446. The Hall–Kier alpha value is -3.78. The molecule has 2 aliphatic heterocycles. The first-order valence-electron chi connectivity index (χ1n) is 11.5. The van der Waals surface area contributed by atoms with Gasteiger partial charge in [0.2, 0.25) is 0 Å². The van der Waals surface area contributed by atoms with Gasteiger partial charge in [-0.15, -0.1) is 5.10 Å². The van der Waals surface area contributed by atoms with E-state index in [1.807, 2.05) is 6.92 Å². The second kappa shape index (κ2) is 8.91. The molecule has 2 aromatic heterocycles. The van der Waals surface area contributed by atoms with Gasteiger partial charge >= 0.3 is 18.4 Å². The molecule has 202 valence electrons. The molecule has 1 N–H and O–H groups in total. The summed E-state index contributed by atoms with van der Waals surface area (Å²) in [6, 6.07) is 2.08. The van der Waals surface area contributed by atoms with Crippen LogP contribution in [0.4, 0.5) is 41.2 Å². The van der Waals surface area contributed by atoms with Crippen molar-refractivity contribution in [2.24, 2.45) is 5.92 Å². The van der Waals surface area contributed by atoms with Gasteiger partial charge in [-0.25, -0.2) is 23.8 Å². The number of aromatic nitrogens is 5. The van der Waals surface area contributed by atoms with Crippen LogP contribution in [0.15, 0.2) is 36.8 Å². The maximum Gasteiger partial charge on any atom is 0.436 e. The van der Waals surface area contributed by atoms with Crippen LogP contribution in [0, 0.1) is 11.7 Å². The number of nitrogens with zero attached hydrogens (tertiary/aromatic N) is 6. The van der Waals surface area contributed by atoms with Crippen LogP contribution in [-0.4, -0.2) is 47.5 Å². The molecule has 6 rings (SSSR count). The fourth-order valence-electron chi connectivity index (χ4n) is 5.55. The molecule has 2 saturated heterocycles. The number of carbonyl (C=O) groups excluding carboxylic acids is 1. The summed E-state index contributed by atoms with van der Waals surface area (Å²) < 4.78 is 94.1. The van der Waals surface area contributed by atoms with Crippen LogP contribution >= 0.6 is 0 Å². The zero-order chi connectivity index (χ0) is 27.5. The van der Waals surface area contributed by atoms with Crippen molar-refractivity contribution in [3.05, 3.63) is 53.9 Å². The van der Waals surface area contributed by atoms with Crippen molar-refractivity contribution in [3.63, 3.8) is 0 Å². The number of benzene rings is 1. The third-order valence-electron chi connectivity index (χ3n) is 6.84. The number of piperidine rings is 1. The SMILES string of the molecule is C[C@H]1C[C@@H]2C[C@](Cn3cc(C(F)(F)F)nn3)(C1)N2C(=O)Nc1ccc(C(F)(F)F)c(-c2ncc(F)cn2)c1. The molecule has 2 amide bonds. The second-order valence-electron chi connectivity index (χ2n) is 9.71. The van der Waals surface area contributed by atoms with E-state index in [2.05, 4.69) is 25.6 Å². The summed E-state index contributed by atoms with van der Waals surface area (Å²) in [5.74, 6) is -1.02. The molecule has 0 radical (unpaired) electrons. The number of nitrogens with one attached hydrogen (secondary N) is 1. The molecule has 1 aliphatic carbocycles. The molecule has 0 spiro atoms. The first-order chi connectivity index (χ1) is 17.7. The standard InChI is InChI=1S/C23H20F7N7O/c1-12-4-15-7-21(6-12,11-36-10-18(34-35-36)23(28,29)30)37(15)20(38)33-14-2-3-17(22(25,26)27)16(5-14)19-31-8-13(24)9-32-19/h2-3,5,8-10,12,15H,4,6-7,11H2,1H3,(H,33,38)/t12-,15+,21-/m0/s1. The van der Waals surface area contributed by atoms with Crippen LogP contribution < -0.4 is 5.32 Å². The normalized spacial score (nSPS) is 23.2. The van der Waals surface area contributed by atoms with Crippen molar-refractivity contribution in [1.82, 2.24) is 29.9 Å². The Morgan fingerprint density at radius 2 is 1.82 bits per heavy atom. The number of hydrogen-bond donors (Lipinski definition) is 1. The van der Waals surface area contributed by atoms with Gasteiger partial charge in [0.15, 0.2) is 17.3 Å². The largest absolute Gasteiger partial charge is 0.436 e. The minimum atomic E-state index is -4.77. The molecule has 8 nitrogen and oxygen atoms in total. The number of amides is 2. The number of halogens is 7. The molecule has 38 heavy (non-hydrogen) atoms. The molecule has 0 unspecified atom stereocenters. The van der Waals surface area contributed by atoms with Gasteiger partial charge in [-0.1, -0.05) is 12.1 Å². The van der Waals surface area contributed by atoms with E-state index in [1.54, 1.807) is 0 Å². The Morgan fingerprint density at radius 1 is 1.11 bits per heavy atom. The highest BCUT2D eigenvalue weighted by Gasteiger charge is 2.58. The van der Waals surface area contributed by atoms with Crippen LogP contribution in [0.2, 0.25) is 0 Å². The highest BCUT2D eigenvalue weighted by Crippen LogP contribution is 2.51. The van der Waals surface area contributed by atoms with Gasteiger partial charge in [-0.3, -0.25) is 0 Å². The van der Waals surface area contributed by atoms with Crippen molar-refractivity contribution in [3.8, 4) is 11.4 Å². The summed E-state index contributed by atoms with van der Waals surface area (Å²) >= 11 is 0. The number of urea groups is 1. The predicted octanol–water partition coefficient (Wildman–Crippen LogP) is 5.39. The van der Waals surface area contributed by atoms with E-state index in [0.29, 0.717) is 19.3 Å². The van der Waals surface area contributed by atoms with Gasteiger partial charge in [-0.05, 0) is 43.4 Å². The third-order valence-corrected chi connectivity index (χ3v) is 6.84. The molecule has 1 saturated carbocycles. The maximum atomic E-state index is 13.6. The average molecular weight is 543 g/mol. The molecule has 3 fully saturated rings. The average Bonchev–Trinajstić information content (AvgIpc) is 3.27. The number of hydrogen-bond acceptors (Lipinski definition) is 5. The lowest BCUT2D eigenvalue weighted by molar-refractivity contribution is -0.141. The third kappa shape index (κ3) is 4.76. The Kier molecular flexibility index (Phi) is 6.06. The van der Waals surface area contributed by atoms with Gasteiger partial charge in [0.1, 0.15) is 0 Å². The number of alkyl halides is 6. The predicted molar refractivity (Wildman–Crippen MR) is 118 cm³/mol. The molecule has 3 atom stereocenters. The second-order valence-corrected chi connectivity index (χ2v) is 9.71. The number of fused-ring (bicyclic) bond motifs is 2. The fourth-order valence-corrected chi connectivity index (χ4v) is 5.55. The monoisotopic (exact) mass is 543 g/mol. The first-order valence-corrected chi connectivity index (χ1v) is 11.5. The minimum absolute atomic E-state index is 0.0132. The van der Waals surface area contributed by atoms with Crippen molar-refractivity contribution < 1.29 is 35.5 Å². The molecule has 4 heterocycles. The van der Waals surface area contributed by atoms with E-state index in [4.69, 9.17) is 0 Å². The topological polar surface area (TPSA) is 88.8 Å². The van der Waals surface area contributed by atoms with E-state index in [-0.39, 0.29) is 30.0 Å². The van der Waals surface area contributed by atoms with Crippen LogP contribution in [0.3, 0.4) is 0 Å². The van der Waals surface area contributed by atoms with Crippen molar-refractivity contribution in [2.75, 3.05) is 5.32 Å². The Balaban J connectivity index is 1.41. The number of rotatable bonds is 4. The summed E-state index contributed by atoms with van der Waals surface area (Å²) in [7, 11) is 0. The summed E-state index contributed by atoms with van der Waals surface area (Å²) in [5, 5.41) is 9.34. The molecular weight excluding hydrogens is 523 g/mol. The Bertz CT molecular complexity index is 1360. The molecule has 2 bridgehead atoms. The minimum Gasteiger partial charge on any atom is -0.314 e. The van der Waals surface area contributed by atoms with E-state index < -0.39 is 46.6 Å². The van der Waals surface area contributed by atoms with Gasteiger partial charge in [-0.2, -0.15) is 26.3 Å². The van der Waals surface area contributed by atoms with Gasteiger partial charge in [0, 0.05) is 17.3 Å². The number of anilines is 1. The maximum absolute atomic E-state index is 13.6.